The van der Waals surface area contributed by atoms with Crippen molar-refractivity contribution in [1.29, 1.82) is 0 Å². The molecule has 1 aromatic heterocycles. The predicted molar refractivity (Wildman–Crippen MR) is 160 cm³/mol. The number of thiol groups is 1. The van der Waals surface area contributed by atoms with E-state index >= 15 is 0 Å². The molecule has 220 valence electrons. The molecule has 4 atom stereocenters. The number of nitrogens with one attached hydrogen (secondary N) is 4. The van der Waals surface area contributed by atoms with Gasteiger partial charge in [0, 0.05) is 35.7 Å². The summed E-state index contributed by atoms with van der Waals surface area (Å²) in [6, 6.07) is 12.3. The molecule has 3 aromatic rings. The van der Waals surface area contributed by atoms with E-state index in [-0.39, 0.29) is 25.0 Å². The van der Waals surface area contributed by atoms with Crippen LogP contribution in [0.5, 0.6) is 0 Å². The van der Waals surface area contributed by atoms with Crippen molar-refractivity contribution in [2.75, 3.05) is 12.3 Å². The summed E-state index contributed by atoms with van der Waals surface area (Å²) < 4.78 is 0. The van der Waals surface area contributed by atoms with E-state index in [4.69, 9.17) is 11.5 Å². The van der Waals surface area contributed by atoms with E-state index in [9.17, 15) is 24.3 Å². The molecule has 2 aromatic carbocycles. The Morgan fingerprint density at radius 3 is 2.15 bits per heavy atom. The maximum Gasteiger partial charge on any atom is 0.326 e. The number of fused-ring (bicyclic) bond motifs is 1. The van der Waals surface area contributed by atoms with Crippen LogP contribution in [0.2, 0.25) is 0 Å². The lowest BCUT2D eigenvalue weighted by atomic mass is 10.0. The summed E-state index contributed by atoms with van der Waals surface area (Å²) in [7, 11) is 0. The number of hydrogen-bond acceptors (Lipinski definition) is 7. The van der Waals surface area contributed by atoms with Gasteiger partial charge in [-0.25, -0.2) is 4.79 Å². The largest absolute Gasteiger partial charge is 0.480 e. The van der Waals surface area contributed by atoms with Gasteiger partial charge in [-0.2, -0.15) is 12.6 Å². The van der Waals surface area contributed by atoms with E-state index < -0.39 is 47.9 Å². The van der Waals surface area contributed by atoms with Gasteiger partial charge in [-0.05, 0) is 43.0 Å². The number of aromatic amines is 1. The molecule has 4 unspecified atom stereocenters. The quantitative estimate of drug-likeness (QED) is 0.0907. The number of nitrogens with two attached hydrogens (primary N) is 2. The van der Waals surface area contributed by atoms with Crippen LogP contribution in [0.3, 0.4) is 0 Å². The first-order valence-corrected chi connectivity index (χ1v) is 14.2. The summed E-state index contributed by atoms with van der Waals surface area (Å²) >= 11 is 4.06. The van der Waals surface area contributed by atoms with Crippen LogP contribution in [0.25, 0.3) is 10.9 Å². The Balaban J connectivity index is 1.77. The van der Waals surface area contributed by atoms with E-state index in [1.807, 2.05) is 54.6 Å². The van der Waals surface area contributed by atoms with Crippen molar-refractivity contribution in [3.63, 3.8) is 0 Å². The highest BCUT2D eigenvalue weighted by Crippen LogP contribution is 2.19. The van der Waals surface area contributed by atoms with Gasteiger partial charge in [-0.15, -0.1) is 0 Å². The molecule has 0 aliphatic heterocycles. The summed E-state index contributed by atoms with van der Waals surface area (Å²) in [4.78, 5) is 54.6. The molecular weight excluding hydrogens is 544 g/mol. The fourth-order valence-electron chi connectivity index (χ4n) is 4.45. The number of carbonyl (C=O) groups excluding carboxylic acids is 3. The predicted octanol–water partition coefficient (Wildman–Crippen LogP) is 0.878. The smallest absolute Gasteiger partial charge is 0.326 e. The topological polar surface area (TPSA) is 192 Å². The van der Waals surface area contributed by atoms with Crippen molar-refractivity contribution in [3.05, 3.63) is 71.9 Å². The van der Waals surface area contributed by atoms with Crippen molar-refractivity contribution in [2.24, 2.45) is 11.5 Å². The number of H-pyrrole nitrogens is 1. The molecule has 12 heteroatoms. The first-order chi connectivity index (χ1) is 19.7. The first kappa shape index (κ1) is 31.7. The van der Waals surface area contributed by atoms with Crippen LogP contribution in [0, 0.1) is 0 Å². The van der Waals surface area contributed by atoms with Crippen LogP contribution in [0.15, 0.2) is 60.8 Å². The van der Waals surface area contributed by atoms with Crippen molar-refractivity contribution in [2.45, 2.75) is 56.3 Å². The number of carboxylic acids is 1. The molecule has 0 aliphatic carbocycles. The molecule has 0 spiro atoms. The molecule has 0 bridgehead atoms. The van der Waals surface area contributed by atoms with E-state index in [1.165, 1.54) is 0 Å². The second kappa shape index (κ2) is 15.8. The van der Waals surface area contributed by atoms with Crippen LogP contribution in [0.4, 0.5) is 0 Å². The zero-order valence-corrected chi connectivity index (χ0v) is 23.6. The number of hydrogen-bond donors (Lipinski definition) is 8. The third-order valence-corrected chi connectivity index (χ3v) is 7.14. The Kier molecular flexibility index (Phi) is 12.2. The molecule has 1 heterocycles. The molecule has 0 fully saturated rings. The normalized spacial score (nSPS) is 14.0. The van der Waals surface area contributed by atoms with Crippen molar-refractivity contribution >= 4 is 47.2 Å². The number of aromatic nitrogens is 1. The standard InChI is InChI=1S/C29H38N6O5S/c30-13-7-6-12-23(27(37)35-25(29(39)40)15-19-16-32-22-11-5-4-10-20(19)22)33-28(38)24(34-26(36)21(31)17-41)14-18-8-2-1-3-9-18/h1-5,8-11,16,21,23-25,32,41H,6-7,12-15,17,30-31H2,(H,33,38)(H,34,36)(H,35,37)(H,39,40). The Labute approximate surface area is 244 Å². The molecule has 3 rings (SSSR count). The van der Waals surface area contributed by atoms with Gasteiger partial charge in [0.25, 0.3) is 0 Å². The SMILES string of the molecule is NCCCCC(NC(=O)C(Cc1ccccc1)NC(=O)C(N)CS)C(=O)NC(Cc1c[nH]c2ccccc12)C(=O)O. The molecule has 3 amide bonds. The van der Waals surface area contributed by atoms with Crippen molar-refractivity contribution < 1.29 is 24.3 Å². The van der Waals surface area contributed by atoms with Crippen LogP contribution in [0.1, 0.15) is 30.4 Å². The molecule has 0 aliphatic rings. The Morgan fingerprint density at radius 1 is 0.829 bits per heavy atom. The van der Waals surface area contributed by atoms with Gasteiger partial charge in [0.2, 0.25) is 17.7 Å². The summed E-state index contributed by atoms with van der Waals surface area (Å²) in [6.45, 7) is 0.398. The summed E-state index contributed by atoms with van der Waals surface area (Å²) in [5.41, 5.74) is 13.8. The Morgan fingerprint density at radius 2 is 1.46 bits per heavy atom. The minimum atomic E-state index is -1.23. The third-order valence-electron chi connectivity index (χ3n) is 6.74. The first-order valence-electron chi connectivity index (χ1n) is 13.5. The van der Waals surface area contributed by atoms with Crippen LogP contribution < -0.4 is 27.4 Å². The van der Waals surface area contributed by atoms with Gasteiger partial charge in [0.15, 0.2) is 0 Å². The maximum absolute atomic E-state index is 13.5. The summed E-state index contributed by atoms with van der Waals surface area (Å²) in [5.74, 6) is -2.90. The van der Waals surface area contributed by atoms with Gasteiger partial charge in [0.05, 0.1) is 6.04 Å². The highest BCUT2D eigenvalue weighted by molar-refractivity contribution is 7.80. The molecule has 11 nitrogen and oxygen atoms in total. The second-order valence-electron chi connectivity index (χ2n) is 9.85. The van der Waals surface area contributed by atoms with Crippen molar-refractivity contribution in [3.8, 4) is 0 Å². The summed E-state index contributed by atoms with van der Waals surface area (Å²) in [6.07, 6.45) is 3.29. The minimum absolute atomic E-state index is 0.0445. The number of carboxylic acid groups (broad SMARTS) is 1. The van der Waals surface area contributed by atoms with E-state index in [1.54, 1.807) is 6.20 Å². The summed E-state index contributed by atoms with van der Waals surface area (Å²) in [5, 5.41) is 18.7. The average molecular weight is 583 g/mol. The lowest BCUT2D eigenvalue weighted by Gasteiger charge is -2.25. The average Bonchev–Trinajstić information content (AvgIpc) is 3.38. The second-order valence-corrected chi connectivity index (χ2v) is 10.2. The van der Waals surface area contributed by atoms with E-state index in [0.29, 0.717) is 19.4 Å². The fraction of sp³-hybridized carbons (Fsp3) is 0.379. The zero-order valence-electron chi connectivity index (χ0n) is 22.7. The van der Waals surface area contributed by atoms with Crippen molar-refractivity contribution in [1.82, 2.24) is 20.9 Å². The fourth-order valence-corrected chi connectivity index (χ4v) is 4.61. The maximum atomic E-state index is 13.5. The lowest BCUT2D eigenvalue weighted by molar-refractivity contribution is -0.142. The van der Waals surface area contributed by atoms with Crippen LogP contribution in [-0.2, 0) is 32.0 Å². The monoisotopic (exact) mass is 582 g/mol. The van der Waals surface area contributed by atoms with Gasteiger partial charge < -0.3 is 37.5 Å². The minimum Gasteiger partial charge on any atom is -0.480 e. The van der Waals surface area contributed by atoms with Crippen LogP contribution >= 0.6 is 12.6 Å². The van der Waals surface area contributed by atoms with Crippen LogP contribution in [-0.4, -0.2) is 70.2 Å². The molecular formula is C29H38N6O5S. The molecule has 0 saturated carbocycles. The molecule has 9 N–H and O–H groups in total. The highest BCUT2D eigenvalue weighted by atomic mass is 32.1. The van der Waals surface area contributed by atoms with Gasteiger partial charge >= 0.3 is 5.97 Å². The Hall–Kier alpha value is -3.87. The number of benzene rings is 2. The van der Waals surface area contributed by atoms with E-state index in [0.717, 1.165) is 22.0 Å². The number of carbonyl (C=O) groups is 4. The zero-order chi connectivity index (χ0) is 29.8. The van der Waals surface area contributed by atoms with Gasteiger partial charge in [-0.3, -0.25) is 14.4 Å². The molecule has 0 saturated heterocycles. The lowest BCUT2D eigenvalue weighted by Crippen LogP contribution is -2.58. The number of unbranched alkanes of at least 4 members (excludes halogenated alkanes) is 1. The van der Waals surface area contributed by atoms with Gasteiger partial charge in [0.1, 0.15) is 18.1 Å². The highest BCUT2D eigenvalue weighted by Gasteiger charge is 2.30. The van der Waals surface area contributed by atoms with Gasteiger partial charge in [-0.1, -0.05) is 48.5 Å². The third kappa shape index (κ3) is 9.34. The Bertz CT molecular complexity index is 1320. The number of para-hydroxylation sites is 1. The molecule has 0 radical (unpaired) electrons. The number of aliphatic carboxylic acids is 1. The van der Waals surface area contributed by atoms with E-state index in [2.05, 4.69) is 33.6 Å². The number of amides is 3. The molecule has 41 heavy (non-hydrogen) atoms. The number of rotatable bonds is 16.